The third-order valence-corrected chi connectivity index (χ3v) is 11.2. The Morgan fingerprint density at radius 1 is 1.23 bits per heavy atom. The molecule has 2 saturated carbocycles. The van der Waals surface area contributed by atoms with Crippen LogP contribution in [0.5, 0.6) is 0 Å². The highest BCUT2D eigenvalue weighted by molar-refractivity contribution is 7.10. The summed E-state index contributed by atoms with van der Waals surface area (Å²) in [5.74, 6) is -3.74. The average Bonchev–Trinajstić information content (AvgIpc) is 3.41. The van der Waals surface area contributed by atoms with Crippen molar-refractivity contribution in [3.63, 3.8) is 0 Å². The molecule has 1 aromatic rings. The van der Waals surface area contributed by atoms with Gasteiger partial charge in [0, 0.05) is 47.3 Å². The molecular formula is C30H38O9S. The van der Waals surface area contributed by atoms with Crippen LogP contribution in [0.4, 0.5) is 0 Å². The van der Waals surface area contributed by atoms with Crippen LogP contribution in [0.25, 0.3) is 0 Å². The number of carbonyl (C=O) groups excluding carboxylic acids is 3. The van der Waals surface area contributed by atoms with Crippen LogP contribution in [0.1, 0.15) is 71.1 Å². The first-order valence-electron chi connectivity index (χ1n) is 13.7. The van der Waals surface area contributed by atoms with Crippen molar-refractivity contribution in [2.75, 3.05) is 6.61 Å². The zero-order chi connectivity index (χ0) is 29.4. The lowest BCUT2D eigenvalue weighted by Gasteiger charge is -2.65. The molecule has 1 aliphatic heterocycles. The summed E-state index contributed by atoms with van der Waals surface area (Å²) in [4.78, 5) is 40.4. The molecule has 4 aliphatic rings. The molecule has 3 aliphatic carbocycles. The molecule has 10 heteroatoms. The monoisotopic (exact) mass is 574 g/mol. The van der Waals surface area contributed by atoms with Gasteiger partial charge in [0.1, 0.15) is 29.2 Å². The van der Waals surface area contributed by atoms with Crippen molar-refractivity contribution in [1.82, 2.24) is 0 Å². The zero-order valence-electron chi connectivity index (χ0n) is 23.5. The van der Waals surface area contributed by atoms with E-state index in [1.54, 1.807) is 45.2 Å². The number of hydrogen-bond donors (Lipinski definition) is 3. The van der Waals surface area contributed by atoms with Crippen LogP contribution in [0.2, 0.25) is 0 Å². The Hall–Kier alpha value is -2.11. The van der Waals surface area contributed by atoms with Crippen molar-refractivity contribution in [1.29, 1.82) is 0 Å². The molecule has 1 aromatic heterocycles. The van der Waals surface area contributed by atoms with Gasteiger partial charge in [0.15, 0.2) is 6.10 Å². The fraction of sp³-hybridized carbons (Fsp3) is 0.667. The smallest absolute Gasteiger partial charge is 0.336 e. The highest BCUT2D eigenvalue weighted by Crippen LogP contribution is 2.63. The van der Waals surface area contributed by atoms with Crippen LogP contribution in [0.3, 0.4) is 0 Å². The molecule has 0 unspecified atom stereocenters. The van der Waals surface area contributed by atoms with E-state index in [1.165, 1.54) is 18.3 Å². The lowest BCUT2D eigenvalue weighted by Crippen LogP contribution is -2.77. The summed E-state index contributed by atoms with van der Waals surface area (Å²) in [6.07, 6.45) is -3.91. The van der Waals surface area contributed by atoms with E-state index in [0.29, 0.717) is 28.9 Å². The Labute approximate surface area is 238 Å². The van der Waals surface area contributed by atoms with Crippen LogP contribution in [0.15, 0.2) is 28.7 Å². The second-order valence-corrected chi connectivity index (χ2v) is 13.7. The van der Waals surface area contributed by atoms with Crippen LogP contribution < -0.4 is 0 Å². The Balaban J connectivity index is 1.59. The molecule has 2 heterocycles. The fourth-order valence-electron chi connectivity index (χ4n) is 7.62. The van der Waals surface area contributed by atoms with Gasteiger partial charge in [-0.05, 0) is 43.7 Å². The molecule has 218 valence electrons. The molecule has 2 radical (unpaired) electrons. The first-order valence-corrected chi connectivity index (χ1v) is 14.6. The highest BCUT2D eigenvalue weighted by atomic mass is 32.1. The van der Waals surface area contributed by atoms with Crippen molar-refractivity contribution < 1.29 is 43.9 Å². The van der Waals surface area contributed by atoms with E-state index < -0.39 is 70.2 Å². The second kappa shape index (κ2) is 9.73. The largest absolute Gasteiger partial charge is 0.459 e. The van der Waals surface area contributed by atoms with Crippen LogP contribution in [-0.4, -0.2) is 75.3 Å². The molecule has 0 spiro atoms. The van der Waals surface area contributed by atoms with Crippen LogP contribution in [0, 0.1) is 23.7 Å². The Kier molecular flexibility index (Phi) is 7.15. The van der Waals surface area contributed by atoms with Crippen LogP contribution in [-0.2, 0) is 28.6 Å². The number of aliphatic hydroxyl groups excluding tert-OH is 1. The number of ketones is 1. The Bertz CT molecular complexity index is 1240. The summed E-state index contributed by atoms with van der Waals surface area (Å²) < 4.78 is 17.3. The van der Waals surface area contributed by atoms with Gasteiger partial charge in [0.2, 0.25) is 0 Å². The van der Waals surface area contributed by atoms with E-state index in [-0.39, 0.29) is 25.2 Å². The highest BCUT2D eigenvalue weighted by Gasteiger charge is 2.73. The molecule has 40 heavy (non-hydrogen) atoms. The molecule has 3 N–H and O–H groups in total. The summed E-state index contributed by atoms with van der Waals surface area (Å²) in [5, 5.41) is 37.0. The summed E-state index contributed by atoms with van der Waals surface area (Å²) >= 11 is 1.30. The minimum Gasteiger partial charge on any atom is -0.459 e. The fourth-order valence-corrected chi connectivity index (χ4v) is 8.38. The lowest BCUT2D eigenvalue weighted by atomic mass is 9.46. The number of thiophene rings is 1. The molecule has 2 bridgehead atoms. The molecule has 0 amide bonds. The minimum atomic E-state index is -1.85. The number of ether oxygens (including phenoxy) is 3. The summed E-state index contributed by atoms with van der Waals surface area (Å²) in [6.45, 7) is 14.4. The number of carbonyl (C=O) groups is 3. The predicted octanol–water partition coefficient (Wildman–Crippen LogP) is 2.74. The van der Waals surface area contributed by atoms with E-state index in [2.05, 4.69) is 0 Å². The summed E-state index contributed by atoms with van der Waals surface area (Å²) in [6, 6.07) is 3.47. The minimum absolute atomic E-state index is 0.0339. The quantitative estimate of drug-likeness (QED) is 0.358. The van der Waals surface area contributed by atoms with Crippen LogP contribution >= 0.6 is 11.3 Å². The second-order valence-electron chi connectivity index (χ2n) is 12.7. The third kappa shape index (κ3) is 4.13. The molecule has 0 aromatic carbocycles. The standard InChI is InChI=1S/C30H38O9S/c1-15-18-12-21(32)28(6)10-9-22-29(35,14-37-22)24(28)25(38-17(3)31)30(36,27(18,4)5)13-19(15)39-26(34)23(33)16(2)20-8-7-11-40-20/h2,7-8,11,16,19,22-25,33,35-36H,9-10,12-14H2,1,3-6H3/t16-,19-,22+,23+,24-,25-,28-,29-,30+/m0/s1. The number of hydrogen-bond acceptors (Lipinski definition) is 10. The first kappa shape index (κ1) is 29.4. The van der Waals surface area contributed by atoms with Gasteiger partial charge >= 0.3 is 11.9 Å². The van der Waals surface area contributed by atoms with E-state index in [9.17, 15) is 29.7 Å². The van der Waals surface area contributed by atoms with Crippen molar-refractivity contribution in [2.24, 2.45) is 16.7 Å². The van der Waals surface area contributed by atoms with Gasteiger partial charge in [-0.1, -0.05) is 32.4 Å². The van der Waals surface area contributed by atoms with E-state index in [0.717, 1.165) is 0 Å². The van der Waals surface area contributed by atoms with Gasteiger partial charge in [0.05, 0.1) is 12.7 Å². The predicted molar refractivity (Wildman–Crippen MR) is 144 cm³/mol. The molecule has 3 fully saturated rings. The van der Waals surface area contributed by atoms with Gasteiger partial charge in [-0.25, -0.2) is 4.79 Å². The maximum Gasteiger partial charge on any atom is 0.336 e. The topological polar surface area (TPSA) is 140 Å². The van der Waals surface area contributed by atoms with Gasteiger partial charge in [-0.15, -0.1) is 11.3 Å². The average molecular weight is 575 g/mol. The number of rotatable bonds is 5. The normalized spacial score (nSPS) is 40.0. The molecule has 9 nitrogen and oxygen atoms in total. The SMILES string of the molecule is [CH][C@@H](c1cccs1)[C@@H](O)C(=O)O[C@H]1C[C@@]2(O)[C@@H](OC(C)=O)[C@@H]3[C@]4(O)CO[C@@H]4CC[C@@]3(C)C(=O)CC(=C1C)C2(C)C. The van der Waals surface area contributed by atoms with Crippen molar-refractivity contribution in [3.8, 4) is 0 Å². The van der Waals surface area contributed by atoms with E-state index in [4.69, 9.17) is 21.1 Å². The third-order valence-electron chi connectivity index (χ3n) is 10.3. The number of Topliss-reactive ketones (excluding diaryl/α,β-unsaturated/α-hetero) is 1. The van der Waals surface area contributed by atoms with Crippen molar-refractivity contribution >= 4 is 29.1 Å². The van der Waals surface area contributed by atoms with Gasteiger partial charge in [0.25, 0.3) is 0 Å². The zero-order valence-corrected chi connectivity index (χ0v) is 24.3. The van der Waals surface area contributed by atoms with Crippen molar-refractivity contribution in [3.05, 3.63) is 40.5 Å². The number of fused-ring (bicyclic) bond motifs is 5. The Morgan fingerprint density at radius 2 is 1.93 bits per heavy atom. The first-order chi connectivity index (χ1) is 18.6. The molecule has 5 rings (SSSR count). The summed E-state index contributed by atoms with van der Waals surface area (Å²) in [7, 11) is 0. The van der Waals surface area contributed by atoms with Crippen molar-refractivity contribution in [2.45, 2.75) is 102 Å². The summed E-state index contributed by atoms with van der Waals surface area (Å²) in [5.41, 5.74) is -4.36. The van der Waals surface area contributed by atoms with E-state index >= 15 is 0 Å². The van der Waals surface area contributed by atoms with Gasteiger partial charge in [-0.2, -0.15) is 0 Å². The Morgan fingerprint density at radius 3 is 2.50 bits per heavy atom. The van der Waals surface area contributed by atoms with E-state index in [1.807, 2.05) is 0 Å². The maximum absolute atomic E-state index is 14.1. The van der Waals surface area contributed by atoms with Gasteiger partial charge < -0.3 is 29.5 Å². The number of esters is 2. The maximum atomic E-state index is 14.1. The molecule has 1 saturated heterocycles. The number of aliphatic hydroxyl groups is 3. The lowest BCUT2D eigenvalue weighted by molar-refractivity contribution is -0.329. The molecular weight excluding hydrogens is 536 g/mol. The molecule has 9 atom stereocenters. The van der Waals surface area contributed by atoms with Gasteiger partial charge in [-0.3, -0.25) is 9.59 Å².